The van der Waals surface area contributed by atoms with Crippen LogP contribution < -0.4 is 69.3 Å². The van der Waals surface area contributed by atoms with Gasteiger partial charge in [-0.2, -0.15) is 0 Å². The second-order valence-corrected chi connectivity index (χ2v) is 3.12. The van der Waals surface area contributed by atoms with Crippen LogP contribution in [-0.4, -0.2) is 18.9 Å². The second-order valence-electron chi connectivity index (χ2n) is 3.12. The van der Waals surface area contributed by atoms with Gasteiger partial charge in [-0.3, -0.25) is 4.79 Å². The van der Waals surface area contributed by atoms with Crippen molar-refractivity contribution in [3.63, 3.8) is 0 Å². The number of Topliss-reactive ketones (excluding diaryl/α,β-unsaturated/α-hetero) is 1. The molecule has 0 radical (unpaired) electrons. The van der Waals surface area contributed by atoms with Gasteiger partial charge in [-0.15, -0.1) is 11.5 Å². The van der Waals surface area contributed by atoms with Crippen LogP contribution in [0, 0.1) is 0 Å². The molecule has 0 saturated heterocycles. The molecule has 0 amide bonds. The molecule has 0 aromatic carbocycles. The first-order chi connectivity index (χ1) is 7.06. The van der Waals surface area contributed by atoms with Crippen molar-refractivity contribution < 1.29 is 83.7 Å². The molecule has 0 aliphatic heterocycles. The van der Waals surface area contributed by atoms with Crippen molar-refractivity contribution in [2.75, 3.05) is 7.11 Å². The van der Waals surface area contributed by atoms with Crippen LogP contribution in [-0.2, 0) is 14.3 Å². The monoisotopic (exact) mass is 256 g/mol. The van der Waals surface area contributed by atoms with E-state index in [4.69, 9.17) is 0 Å². The molecule has 17 heavy (non-hydrogen) atoms. The minimum absolute atomic E-state index is 0. The van der Waals surface area contributed by atoms with E-state index in [9.17, 15) is 19.8 Å². The quantitative estimate of drug-likeness (QED) is 0.212. The van der Waals surface area contributed by atoms with Crippen LogP contribution in [0.2, 0.25) is 0 Å². The second kappa shape index (κ2) is 9.19. The summed E-state index contributed by atoms with van der Waals surface area (Å²) in [5.74, 6) is -3.07. The van der Waals surface area contributed by atoms with Crippen molar-refractivity contribution in [3.8, 4) is 0 Å². The number of esters is 1. The first-order valence-electron chi connectivity index (χ1n) is 4.46. The molecule has 0 N–H and O–H groups in total. The fraction of sp³-hybridized carbons (Fsp3) is 0.400. The van der Waals surface area contributed by atoms with Crippen molar-refractivity contribution in [3.05, 3.63) is 23.2 Å². The maximum absolute atomic E-state index is 11.4. The molecule has 0 unspecified atom stereocenters. The summed E-state index contributed by atoms with van der Waals surface area (Å²) in [5.41, 5.74) is 0.000142. The van der Waals surface area contributed by atoms with E-state index >= 15 is 0 Å². The Hall–Kier alpha value is 0.220. The summed E-state index contributed by atoms with van der Waals surface area (Å²) in [6.07, 6.45) is 1.76. The molecule has 5 nitrogen and oxygen atoms in total. The molecule has 1 fully saturated rings. The number of hydrogen-bond donors (Lipinski definition) is 0. The van der Waals surface area contributed by atoms with E-state index in [0.29, 0.717) is 25.3 Å². The fourth-order valence-corrected chi connectivity index (χ4v) is 1.34. The molecule has 1 aliphatic carbocycles. The Labute approximate surface area is 143 Å². The van der Waals surface area contributed by atoms with E-state index < -0.39 is 17.5 Å². The van der Waals surface area contributed by atoms with Crippen LogP contribution in [0.5, 0.6) is 0 Å². The molecule has 0 bridgehead atoms. The predicted molar refractivity (Wildman–Crippen MR) is 46.0 cm³/mol. The maximum Gasteiger partial charge on any atom is 1.00 e. The standard InChI is InChI=1S/C10H12O5.2Na/c1-15-9(13)5-8(12)10(14)6-3-2-4-7(6)11;;/h5,12,14H,2-4H2,1H3;;/q;2*+1/p-2. The van der Waals surface area contributed by atoms with Crippen LogP contribution >= 0.6 is 0 Å². The van der Waals surface area contributed by atoms with Crippen molar-refractivity contribution in [2.24, 2.45) is 0 Å². The van der Waals surface area contributed by atoms with Gasteiger partial charge in [-0.1, -0.05) is 0 Å². The number of carbonyl (C=O) groups is 2. The number of ketones is 1. The molecule has 82 valence electrons. The number of hydrogen-bond acceptors (Lipinski definition) is 5. The van der Waals surface area contributed by atoms with Gasteiger partial charge >= 0.3 is 65.1 Å². The SMILES string of the molecule is COC(=O)C=C([O-])C([O-])=C1CCCC1=O.[Na+].[Na+]. The fourth-order valence-electron chi connectivity index (χ4n) is 1.34. The summed E-state index contributed by atoms with van der Waals surface area (Å²) < 4.78 is 4.20. The van der Waals surface area contributed by atoms with E-state index in [1.165, 1.54) is 0 Å². The Bertz CT molecular complexity index is 360. The van der Waals surface area contributed by atoms with E-state index in [0.717, 1.165) is 7.11 Å². The zero-order valence-electron chi connectivity index (χ0n) is 10.2. The number of ether oxygens (including phenoxy) is 1. The minimum Gasteiger partial charge on any atom is -0.873 e. The number of carbonyl (C=O) groups excluding carboxylic acids is 2. The summed E-state index contributed by atoms with van der Waals surface area (Å²) in [6.45, 7) is 0. The average Bonchev–Trinajstić information content (AvgIpc) is 2.63. The Morgan fingerprint density at radius 3 is 2.29 bits per heavy atom. The maximum atomic E-state index is 11.4. The molecule has 0 heterocycles. The van der Waals surface area contributed by atoms with Gasteiger partial charge in [0.05, 0.1) is 7.11 Å². The normalized spacial score (nSPS) is 17.9. The molecular formula is C10H10Na2O5. The van der Waals surface area contributed by atoms with E-state index in [1.54, 1.807) is 0 Å². The summed E-state index contributed by atoms with van der Waals surface area (Å²) in [7, 11) is 1.10. The van der Waals surface area contributed by atoms with Crippen molar-refractivity contribution in [2.45, 2.75) is 19.3 Å². The van der Waals surface area contributed by atoms with Gasteiger partial charge in [0.15, 0.2) is 5.78 Å². The molecule has 0 aromatic rings. The Balaban J connectivity index is 0. The van der Waals surface area contributed by atoms with E-state index in [-0.39, 0.29) is 70.5 Å². The summed E-state index contributed by atoms with van der Waals surface area (Å²) >= 11 is 0. The van der Waals surface area contributed by atoms with Crippen molar-refractivity contribution >= 4 is 11.8 Å². The van der Waals surface area contributed by atoms with Gasteiger partial charge in [0, 0.05) is 12.5 Å². The molecular weight excluding hydrogens is 246 g/mol. The molecule has 0 atom stereocenters. The van der Waals surface area contributed by atoms with Gasteiger partial charge in [0.1, 0.15) is 0 Å². The molecule has 1 aliphatic rings. The van der Waals surface area contributed by atoms with E-state index in [2.05, 4.69) is 4.74 Å². The largest absolute Gasteiger partial charge is 1.00 e. The summed E-state index contributed by atoms with van der Waals surface area (Å²) in [6, 6.07) is 0. The number of rotatable bonds is 2. The Morgan fingerprint density at radius 1 is 1.29 bits per heavy atom. The smallest absolute Gasteiger partial charge is 0.873 e. The van der Waals surface area contributed by atoms with Crippen LogP contribution in [0.4, 0.5) is 0 Å². The average molecular weight is 256 g/mol. The minimum atomic E-state index is -0.993. The summed E-state index contributed by atoms with van der Waals surface area (Å²) in [4.78, 5) is 21.8. The molecule has 1 rings (SSSR count). The Kier molecular flexibility index (Phi) is 10.6. The van der Waals surface area contributed by atoms with Gasteiger partial charge in [-0.05, 0) is 18.4 Å². The first-order valence-corrected chi connectivity index (χ1v) is 4.46. The molecule has 0 aromatic heterocycles. The van der Waals surface area contributed by atoms with Gasteiger partial charge in [0.2, 0.25) is 0 Å². The number of methoxy groups -OCH3 is 1. The zero-order chi connectivity index (χ0) is 11.4. The third-order valence-electron chi connectivity index (χ3n) is 2.12. The van der Waals surface area contributed by atoms with Crippen molar-refractivity contribution in [1.29, 1.82) is 0 Å². The first kappa shape index (κ1) is 19.6. The number of allylic oxidation sites excluding steroid dienone is 1. The molecule has 7 heteroatoms. The van der Waals surface area contributed by atoms with Crippen molar-refractivity contribution in [1.82, 2.24) is 0 Å². The summed E-state index contributed by atoms with van der Waals surface area (Å²) in [5, 5.41) is 22.5. The third kappa shape index (κ3) is 5.59. The van der Waals surface area contributed by atoms with Crippen LogP contribution in [0.15, 0.2) is 23.2 Å². The predicted octanol–water partition coefficient (Wildman–Crippen LogP) is -7.22. The van der Waals surface area contributed by atoms with Gasteiger partial charge < -0.3 is 14.9 Å². The zero-order valence-corrected chi connectivity index (χ0v) is 14.2. The molecule has 0 spiro atoms. The third-order valence-corrected chi connectivity index (χ3v) is 2.12. The van der Waals surface area contributed by atoms with Gasteiger partial charge in [-0.25, -0.2) is 4.79 Å². The molecule has 1 saturated carbocycles. The van der Waals surface area contributed by atoms with Crippen LogP contribution in [0.25, 0.3) is 0 Å². The van der Waals surface area contributed by atoms with Crippen LogP contribution in [0.1, 0.15) is 19.3 Å². The Morgan fingerprint density at radius 2 is 1.88 bits per heavy atom. The van der Waals surface area contributed by atoms with E-state index in [1.807, 2.05) is 0 Å². The van der Waals surface area contributed by atoms with Gasteiger partial charge in [0.25, 0.3) is 0 Å². The topological polar surface area (TPSA) is 89.5 Å². The van der Waals surface area contributed by atoms with Crippen LogP contribution in [0.3, 0.4) is 0 Å².